The van der Waals surface area contributed by atoms with E-state index in [-0.39, 0.29) is 18.6 Å². The molecule has 5 nitrogen and oxygen atoms in total. The Balaban J connectivity index is 2.48. The van der Waals surface area contributed by atoms with E-state index < -0.39 is 0 Å². The molecule has 1 unspecified atom stereocenters. The molecule has 0 aliphatic heterocycles. The minimum atomic E-state index is -0.237. The summed E-state index contributed by atoms with van der Waals surface area (Å²) < 4.78 is 5.37. The molecule has 0 aliphatic carbocycles. The van der Waals surface area contributed by atoms with Gasteiger partial charge in [-0.3, -0.25) is 0 Å². The van der Waals surface area contributed by atoms with E-state index in [1.54, 1.807) is 0 Å². The fraction of sp³-hybridized carbons (Fsp3) is 0.533. The maximum Gasteiger partial charge on any atom is 0.319 e. The van der Waals surface area contributed by atoms with Gasteiger partial charge in [0.2, 0.25) is 0 Å². The van der Waals surface area contributed by atoms with E-state index in [2.05, 4.69) is 10.6 Å². The summed E-state index contributed by atoms with van der Waals surface area (Å²) in [6.07, 6.45) is 0.682. The number of aliphatic hydroxyl groups excluding tert-OH is 1. The molecule has 2 amide bonds. The number of hydrogen-bond donors (Lipinski definition) is 3. The van der Waals surface area contributed by atoms with Gasteiger partial charge in [-0.25, -0.2) is 4.79 Å². The smallest absolute Gasteiger partial charge is 0.319 e. The van der Waals surface area contributed by atoms with Crippen molar-refractivity contribution in [1.29, 1.82) is 0 Å². The van der Waals surface area contributed by atoms with Gasteiger partial charge >= 0.3 is 6.03 Å². The van der Waals surface area contributed by atoms with Gasteiger partial charge in [0.05, 0.1) is 6.61 Å². The molecule has 0 aliphatic rings. The molecule has 1 rings (SSSR count). The molecular formula is C15H24N2O3. The van der Waals surface area contributed by atoms with Crippen molar-refractivity contribution in [3.8, 4) is 0 Å². The number of carbonyl (C=O) groups is 1. The highest BCUT2D eigenvalue weighted by Gasteiger charge is 2.08. The van der Waals surface area contributed by atoms with Crippen LogP contribution in [0.5, 0.6) is 0 Å². The molecule has 1 aromatic rings. The summed E-state index contributed by atoms with van der Waals surface area (Å²) in [6, 6.07) is 7.34. The van der Waals surface area contributed by atoms with Crippen LogP contribution in [0.15, 0.2) is 24.3 Å². The molecule has 3 N–H and O–H groups in total. The third-order valence-electron chi connectivity index (χ3n) is 2.96. The lowest BCUT2D eigenvalue weighted by Gasteiger charge is -2.14. The number of rotatable bonds is 8. The zero-order valence-corrected chi connectivity index (χ0v) is 12.2. The highest BCUT2D eigenvalue weighted by Crippen LogP contribution is 2.15. The average molecular weight is 280 g/mol. The van der Waals surface area contributed by atoms with Crippen LogP contribution in [0, 0.1) is 5.92 Å². The Kier molecular flexibility index (Phi) is 7.69. The van der Waals surface area contributed by atoms with Crippen LogP contribution in [0.25, 0.3) is 0 Å². The molecule has 0 aromatic heterocycles. The summed E-state index contributed by atoms with van der Waals surface area (Å²) in [4.78, 5) is 11.8. The topological polar surface area (TPSA) is 70.6 Å². The molecule has 1 atom stereocenters. The molecular weight excluding hydrogens is 256 g/mol. The number of amides is 2. The van der Waals surface area contributed by atoms with Crippen molar-refractivity contribution in [3.63, 3.8) is 0 Å². The molecule has 0 radical (unpaired) electrons. The van der Waals surface area contributed by atoms with E-state index in [0.29, 0.717) is 26.2 Å². The second-order valence-corrected chi connectivity index (χ2v) is 4.75. The number of para-hydroxylation sites is 1. The van der Waals surface area contributed by atoms with Crippen LogP contribution in [0.3, 0.4) is 0 Å². The Bertz CT molecular complexity index is 410. The lowest BCUT2D eigenvalue weighted by atomic mass is 10.1. The third kappa shape index (κ3) is 6.04. The van der Waals surface area contributed by atoms with Crippen LogP contribution in [-0.2, 0) is 11.3 Å². The number of nitrogens with one attached hydrogen (secondary N) is 2. The Labute approximate surface area is 120 Å². The van der Waals surface area contributed by atoms with E-state index in [1.165, 1.54) is 0 Å². The number of hydrogen-bond acceptors (Lipinski definition) is 3. The second kappa shape index (κ2) is 9.34. The zero-order chi connectivity index (χ0) is 14.8. The lowest BCUT2D eigenvalue weighted by Crippen LogP contribution is -2.32. The van der Waals surface area contributed by atoms with Crippen molar-refractivity contribution >= 4 is 11.7 Å². The van der Waals surface area contributed by atoms with Gasteiger partial charge in [-0.15, -0.1) is 0 Å². The van der Waals surface area contributed by atoms with Crippen LogP contribution in [0.1, 0.15) is 25.8 Å². The molecule has 0 bridgehead atoms. The Morgan fingerprint density at radius 2 is 2.15 bits per heavy atom. The fourth-order valence-corrected chi connectivity index (χ4v) is 1.74. The van der Waals surface area contributed by atoms with Crippen LogP contribution in [0.2, 0.25) is 0 Å². The first-order valence-electron chi connectivity index (χ1n) is 6.98. The SMILES string of the molecule is CCOCc1ccccc1NC(=O)NCC(C)CCO. The van der Waals surface area contributed by atoms with E-state index in [4.69, 9.17) is 9.84 Å². The van der Waals surface area contributed by atoms with E-state index in [0.717, 1.165) is 11.3 Å². The van der Waals surface area contributed by atoms with Crippen molar-refractivity contribution in [2.45, 2.75) is 26.9 Å². The first-order chi connectivity index (χ1) is 9.67. The Morgan fingerprint density at radius 3 is 2.85 bits per heavy atom. The Hall–Kier alpha value is -1.59. The quantitative estimate of drug-likeness (QED) is 0.684. The molecule has 1 aromatic carbocycles. The number of urea groups is 1. The average Bonchev–Trinajstić information content (AvgIpc) is 2.44. The molecule has 0 saturated heterocycles. The maximum atomic E-state index is 11.8. The molecule has 0 heterocycles. The summed E-state index contributed by atoms with van der Waals surface area (Å²) in [5, 5.41) is 14.4. The van der Waals surface area contributed by atoms with Crippen LogP contribution < -0.4 is 10.6 Å². The van der Waals surface area contributed by atoms with Crippen molar-refractivity contribution in [2.24, 2.45) is 5.92 Å². The van der Waals surface area contributed by atoms with Crippen LogP contribution >= 0.6 is 0 Å². The number of anilines is 1. The molecule has 0 saturated carbocycles. The molecule has 0 fully saturated rings. The van der Waals surface area contributed by atoms with Gasteiger partial charge in [0, 0.05) is 31.0 Å². The van der Waals surface area contributed by atoms with Gasteiger partial charge in [0.1, 0.15) is 0 Å². The van der Waals surface area contributed by atoms with Gasteiger partial charge in [0.15, 0.2) is 0 Å². The van der Waals surface area contributed by atoms with Crippen molar-refractivity contribution in [3.05, 3.63) is 29.8 Å². The minimum Gasteiger partial charge on any atom is -0.396 e. The lowest BCUT2D eigenvalue weighted by molar-refractivity contribution is 0.134. The molecule has 20 heavy (non-hydrogen) atoms. The van der Waals surface area contributed by atoms with Crippen molar-refractivity contribution in [1.82, 2.24) is 5.32 Å². The standard InChI is InChI=1S/C15H24N2O3/c1-3-20-11-13-6-4-5-7-14(13)17-15(19)16-10-12(2)8-9-18/h4-7,12,18H,3,8-11H2,1-2H3,(H2,16,17,19). The highest BCUT2D eigenvalue weighted by molar-refractivity contribution is 5.90. The monoisotopic (exact) mass is 280 g/mol. The largest absolute Gasteiger partial charge is 0.396 e. The fourth-order valence-electron chi connectivity index (χ4n) is 1.74. The normalized spacial score (nSPS) is 11.9. The zero-order valence-electron chi connectivity index (χ0n) is 12.2. The predicted molar refractivity (Wildman–Crippen MR) is 79.7 cm³/mol. The predicted octanol–water partition coefficient (Wildman–Crippen LogP) is 2.36. The van der Waals surface area contributed by atoms with Gasteiger partial charge in [-0.1, -0.05) is 25.1 Å². The number of benzene rings is 1. The summed E-state index contributed by atoms with van der Waals surface area (Å²) >= 11 is 0. The molecule has 0 spiro atoms. The van der Waals surface area contributed by atoms with Gasteiger partial charge in [-0.2, -0.15) is 0 Å². The van der Waals surface area contributed by atoms with Crippen LogP contribution in [0.4, 0.5) is 10.5 Å². The third-order valence-corrected chi connectivity index (χ3v) is 2.96. The van der Waals surface area contributed by atoms with Crippen molar-refractivity contribution < 1.29 is 14.6 Å². The highest BCUT2D eigenvalue weighted by atomic mass is 16.5. The van der Waals surface area contributed by atoms with E-state index in [9.17, 15) is 4.79 Å². The minimum absolute atomic E-state index is 0.141. The summed E-state index contributed by atoms with van der Waals surface area (Å²) in [6.45, 7) is 5.72. The first kappa shape index (κ1) is 16.5. The van der Waals surface area contributed by atoms with Crippen LogP contribution in [-0.4, -0.2) is 30.9 Å². The maximum absolute atomic E-state index is 11.8. The summed E-state index contributed by atoms with van der Waals surface area (Å²) in [5.41, 5.74) is 1.71. The molecule has 5 heteroatoms. The van der Waals surface area contributed by atoms with E-state index >= 15 is 0 Å². The summed E-state index contributed by atoms with van der Waals surface area (Å²) in [7, 11) is 0. The second-order valence-electron chi connectivity index (χ2n) is 4.75. The first-order valence-corrected chi connectivity index (χ1v) is 6.98. The number of carbonyl (C=O) groups excluding carboxylic acids is 1. The Morgan fingerprint density at radius 1 is 1.40 bits per heavy atom. The number of ether oxygens (including phenoxy) is 1. The van der Waals surface area contributed by atoms with Gasteiger partial charge < -0.3 is 20.5 Å². The number of aliphatic hydroxyl groups is 1. The summed E-state index contributed by atoms with van der Waals surface area (Å²) in [5.74, 6) is 0.254. The van der Waals surface area contributed by atoms with Crippen molar-refractivity contribution in [2.75, 3.05) is 25.1 Å². The van der Waals surface area contributed by atoms with Gasteiger partial charge in [-0.05, 0) is 25.3 Å². The molecule has 112 valence electrons. The van der Waals surface area contributed by atoms with E-state index in [1.807, 2.05) is 38.1 Å². The van der Waals surface area contributed by atoms with Gasteiger partial charge in [0.25, 0.3) is 0 Å².